The molecule has 1 N–H and O–H groups in total. The zero-order chi connectivity index (χ0) is 13.9. The van der Waals surface area contributed by atoms with E-state index in [1.807, 2.05) is 10.6 Å². The number of hydrogen-bond acceptors (Lipinski definition) is 3. The molecule has 20 heavy (non-hydrogen) atoms. The highest BCUT2D eigenvalue weighted by Crippen LogP contribution is 2.29. The van der Waals surface area contributed by atoms with Crippen molar-refractivity contribution < 1.29 is 4.90 Å². The third-order valence-corrected chi connectivity index (χ3v) is 4.67. The van der Waals surface area contributed by atoms with E-state index in [9.17, 15) is 4.79 Å². The highest BCUT2D eigenvalue weighted by molar-refractivity contribution is 7.78. The smallest absolute Gasteiger partial charge is 0.250 e. The standard InChI is InChI=1S/C15H19N3OS/c19-15-4-1-3-14-13-7-12(9-18(14)15)8-17(10-13)6-2-5-16-11-20/h1,3-4,12-13H,2,5-10H2/p+1/t12-,13+/m1/s1. The summed E-state index contributed by atoms with van der Waals surface area (Å²) in [6.07, 6.45) is 2.31. The first-order chi connectivity index (χ1) is 9.78. The fraction of sp³-hybridized carbons (Fsp3) is 0.600. The number of aliphatic imine (C=N–C) groups is 1. The number of nitrogens with zero attached hydrogens (tertiary/aromatic N) is 2. The van der Waals surface area contributed by atoms with Crippen molar-refractivity contribution in [3.8, 4) is 0 Å². The molecule has 3 atom stereocenters. The first kappa shape index (κ1) is 13.7. The summed E-state index contributed by atoms with van der Waals surface area (Å²) in [5.41, 5.74) is 1.40. The number of pyridine rings is 1. The molecule has 3 rings (SSSR count). The molecule has 1 saturated heterocycles. The van der Waals surface area contributed by atoms with Gasteiger partial charge in [0, 0.05) is 36.6 Å². The van der Waals surface area contributed by atoms with Gasteiger partial charge in [0.25, 0.3) is 5.56 Å². The summed E-state index contributed by atoms with van der Waals surface area (Å²) in [6, 6.07) is 5.71. The average Bonchev–Trinajstić information content (AvgIpc) is 2.45. The van der Waals surface area contributed by atoms with Crippen molar-refractivity contribution in [1.82, 2.24) is 4.57 Å². The molecule has 1 aromatic heterocycles. The van der Waals surface area contributed by atoms with Crippen LogP contribution in [0.2, 0.25) is 0 Å². The molecular weight excluding hydrogens is 270 g/mol. The van der Waals surface area contributed by atoms with Gasteiger partial charge in [-0.3, -0.25) is 4.79 Å². The van der Waals surface area contributed by atoms with Crippen molar-refractivity contribution in [3.63, 3.8) is 0 Å². The van der Waals surface area contributed by atoms with E-state index in [-0.39, 0.29) is 5.56 Å². The molecule has 2 aliphatic rings. The summed E-state index contributed by atoms with van der Waals surface area (Å²) in [5.74, 6) is 1.19. The van der Waals surface area contributed by atoms with Crippen molar-refractivity contribution in [2.24, 2.45) is 10.9 Å². The molecule has 2 bridgehead atoms. The molecule has 1 unspecified atom stereocenters. The molecule has 1 aromatic rings. The minimum Gasteiger partial charge on any atom is -0.334 e. The number of likely N-dealkylation sites (tertiary alicyclic amines) is 1. The number of piperidine rings is 1. The highest BCUT2D eigenvalue weighted by Gasteiger charge is 2.36. The summed E-state index contributed by atoms with van der Waals surface area (Å²) in [6.45, 7) is 5.15. The Morgan fingerprint density at radius 2 is 2.35 bits per heavy atom. The summed E-state index contributed by atoms with van der Waals surface area (Å²) < 4.78 is 1.99. The third kappa shape index (κ3) is 2.75. The maximum atomic E-state index is 11.9. The second-order valence-corrected chi connectivity index (χ2v) is 6.12. The fourth-order valence-electron chi connectivity index (χ4n) is 3.78. The van der Waals surface area contributed by atoms with E-state index in [4.69, 9.17) is 0 Å². The van der Waals surface area contributed by atoms with E-state index in [0.717, 1.165) is 32.6 Å². The van der Waals surface area contributed by atoms with E-state index in [2.05, 4.69) is 28.4 Å². The van der Waals surface area contributed by atoms with Crippen LogP contribution in [0.1, 0.15) is 24.5 Å². The first-order valence-corrected chi connectivity index (χ1v) is 7.75. The maximum Gasteiger partial charge on any atom is 0.250 e. The molecule has 0 amide bonds. The van der Waals surface area contributed by atoms with Crippen LogP contribution in [0.5, 0.6) is 0 Å². The van der Waals surface area contributed by atoms with Crippen molar-refractivity contribution in [2.45, 2.75) is 25.3 Å². The molecule has 106 valence electrons. The van der Waals surface area contributed by atoms with Gasteiger partial charge in [-0.1, -0.05) is 6.07 Å². The van der Waals surface area contributed by atoms with Crippen LogP contribution in [0.3, 0.4) is 0 Å². The molecule has 4 nitrogen and oxygen atoms in total. The van der Waals surface area contributed by atoms with Crippen LogP contribution in [-0.2, 0) is 6.54 Å². The van der Waals surface area contributed by atoms with Crippen LogP contribution < -0.4 is 10.5 Å². The van der Waals surface area contributed by atoms with Crippen LogP contribution in [0, 0.1) is 5.92 Å². The largest absolute Gasteiger partial charge is 0.334 e. The molecule has 0 radical (unpaired) electrons. The van der Waals surface area contributed by atoms with Gasteiger partial charge >= 0.3 is 0 Å². The van der Waals surface area contributed by atoms with Gasteiger partial charge in [-0.05, 0) is 24.7 Å². The van der Waals surface area contributed by atoms with Crippen LogP contribution in [0.15, 0.2) is 28.0 Å². The normalized spacial score (nSPS) is 27.5. The lowest BCUT2D eigenvalue weighted by molar-refractivity contribution is -0.911. The number of hydrogen-bond donors (Lipinski definition) is 1. The number of isothiocyanates is 1. The van der Waals surface area contributed by atoms with Gasteiger partial charge < -0.3 is 9.47 Å². The Balaban J connectivity index is 1.70. The predicted octanol–water partition coefficient (Wildman–Crippen LogP) is 0.343. The molecule has 3 heterocycles. The zero-order valence-corrected chi connectivity index (χ0v) is 12.4. The number of thiocarbonyl (C=S) groups is 1. The first-order valence-electron chi connectivity index (χ1n) is 7.35. The number of rotatable bonds is 4. The number of nitrogens with one attached hydrogen (secondary N) is 1. The molecule has 0 aliphatic carbocycles. The third-order valence-electron chi connectivity index (χ3n) is 4.54. The minimum atomic E-state index is 0.163. The molecule has 5 heteroatoms. The fourth-order valence-corrected chi connectivity index (χ4v) is 3.87. The lowest BCUT2D eigenvalue weighted by Gasteiger charge is -2.40. The monoisotopic (exact) mass is 290 g/mol. The van der Waals surface area contributed by atoms with Crippen molar-refractivity contribution in [1.29, 1.82) is 0 Å². The molecular formula is C15H20N3OS+. The molecule has 0 aromatic carbocycles. The number of quaternary nitrogens is 1. The summed E-state index contributed by atoms with van der Waals surface area (Å²) >= 11 is 4.59. The number of fused-ring (bicyclic) bond motifs is 4. The molecule has 2 aliphatic heterocycles. The summed E-state index contributed by atoms with van der Waals surface area (Å²) in [4.78, 5) is 17.6. The highest BCUT2D eigenvalue weighted by atomic mass is 32.1. The van der Waals surface area contributed by atoms with Crippen molar-refractivity contribution in [3.05, 3.63) is 34.2 Å². The van der Waals surface area contributed by atoms with Crippen LogP contribution in [0.25, 0.3) is 0 Å². The Kier molecular flexibility index (Phi) is 4.10. The predicted molar refractivity (Wildman–Crippen MR) is 81.6 cm³/mol. The Hall–Kier alpha value is -1.29. The Labute approximate surface area is 124 Å². The average molecular weight is 290 g/mol. The van der Waals surface area contributed by atoms with Gasteiger partial charge in [-0.25, -0.2) is 4.99 Å². The maximum absolute atomic E-state index is 11.9. The van der Waals surface area contributed by atoms with E-state index in [1.54, 1.807) is 11.0 Å². The Morgan fingerprint density at radius 3 is 3.20 bits per heavy atom. The van der Waals surface area contributed by atoms with Crippen LogP contribution >= 0.6 is 12.2 Å². The van der Waals surface area contributed by atoms with Gasteiger partial charge in [-0.15, -0.1) is 0 Å². The van der Waals surface area contributed by atoms with Gasteiger partial charge in [0.1, 0.15) is 0 Å². The van der Waals surface area contributed by atoms with Crippen LogP contribution in [-0.4, -0.2) is 35.9 Å². The lowest BCUT2D eigenvalue weighted by atomic mass is 9.83. The van der Waals surface area contributed by atoms with Gasteiger partial charge in [-0.2, -0.15) is 0 Å². The van der Waals surface area contributed by atoms with E-state index >= 15 is 0 Å². The number of aromatic nitrogens is 1. The van der Waals surface area contributed by atoms with Gasteiger partial charge in [0.15, 0.2) is 0 Å². The minimum absolute atomic E-state index is 0.163. The topological polar surface area (TPSA) is 38.8 Å². The van der Waals surface area contributed by atoms with Gasteiger partial charge in [0.05, 0.1) is 31.3 Å². The second-order valence-electron chi connectivity index (χ2n) is 5.93. The van der Waals surface area contributed by atoms with Gasteiger partial charge in [0.2, 0.25) is 0 Å². The summed E-state index contributed by atoms with van der Waals surface area (Å²) in [7, 11) is 0. The van der Waals surface area contributed by atoms with E-state index in [0.29, 0.717) is 11.8 Å². The lowest BCUT2D eigenvalue weighted by Crippen LogP contribution is -3.14. The Bertz CT molecular complexity index is 591. The second kappa shape index (κ2) is 6.00. The zero-order valence-electron chi connectivity index (χ0n) is 11.5. The SMILES string of the molecule is O=c1cccc2n1C[C@@H]1C[C@H]2C[NH+](CCCN=C=S)C1. The molecule has 0 saturated carbocycles. The van der Waals surface area contributed by atoms with E-state index in [1.165, 1.54) is 18.7 Å². The van der Waals surface area contributed by atoms with Crippen molar-refractivity contribution in [2.75, 3.05) is 26.2 Å². The molecule has 0 spiro atoms. The Morgan fingerprint density at radius 1 is 1.45 bits per heavy atom. The van der Waals surface area contributed by atoms with Crippen LogP contribution in [0.4, 0.5) is 0 Å². The van der Waals surface area contributed by atoms with E-state index < -0.39 is 0 Å². The van der Waals surface area contributed by atoms with Crippen molar-refractivity contribution >= 4 is 17.4 Å². The summed E-state index contributed by atoms with van der Waals surface area (Å²) in [5, 5.41) is 2.43. The quantitative estimate of drug-likeness (QED) is 0.493. The molecule has 1 fully saturated rings.